The molecule has 0 aromatic heterocycles. The van der Waals surface area contributed by atoms with Gasteiger partial charge in [-0.3, -0.25) is 4.90 Å². The molecule has 0 radical (unpaired) electrons. The third kappa shape index (κ3) is 2.16. The maximum atomic E-state index is 14.6. The Morgan fingerprint density at radius 2 is 2.00 bits per heavy atom. The van der Waals surface area contributed by atoms with Gasteiger partial charge in [0.15, 0.2) is 0 Å². The van der Waals surface area contributed by atoms with Crippen LogP contribution in [0.15, 0.2) is 18.2 Å². The van der Waals surface area contributed by atoms with Crippen LogP contribution in [-0.2, 0) is 4.74 Å². The van der Waals surface area contributed by atoms with Gasteiger partial charge < -0.3 is 9.64 Å². The van der Waals surface area contributed by atoms with Crippen molar-refractivity contribution in [1.29, 1.82) is 0 Å². The number of cyclic esters (lactones) is 1. The van der Waals surface area contributed by atoms with E-state index in [2.05, 4.69) is 4.90 Å². The lowest BCUT2D eigenvalue weighted by Crippen LogP contribution is -2.43. The van der Waals surface area contributed by atoms with Gasteiger partial charge in [-0.05, 0) is 31.0 Å². The van der Waals surface area contributed by atoms with E-state index in [-0.39, 0.29) is 5.82 Å². The average molecular weight is 308 g/mol. The minimum absolute atomic E-state index is 0.240. The second-order valence-corrected chi connectivity index (χ2v) is 6.81. The van der Waals surface area contributed by atoms with Gasteiger partial charge in [-0.15, -0.1) is 0 Å². The number of amides is 1. The van der Waals surface area contributed by atoms with Crippen LogP contribution in [-0.4, -0.2) is 42.8 Å². The minimum atomic E-state index is -0.392. The molecule has 2 atom stereocenters. The molecular formula is C15H17FN2O2S. The summed E-state index contributed by atoms with van der Waals surface area (Å²) < 4.78 is 19.5. The number of benzene rings is 1. The predicted molar refractivity (Wildman–Crippen MR) is 81.7 cm³/mol. The number of halogens is 1. The van der Waals surface area contributed by atoms with Crippen LogP contribution in [0.4, 0.5) is 20.6 Å². The fourth-order valence-electron chi connectivity index (χ4n) is 3.52. The Balaban J connectivity index is 1.64. The Hall–Kier alpha value is -1.43. The minimum Gasteiger partial charge on any atom is -0.447 e. The number of fused-ring (bicyclic) bond motifs is 2. The lowest BCUT2D eigenvalue weighted by molar-refractivity contribution is 0.181. The zero-order valence-electron chi connectivity index (χ0n) is 11.6. The van der Waals surface area contributed by atoms with Gasteiger partial charge in [-0.1, -0.05) is 0 Å². The Bertz CT molecular complexity index is 567. The molecule has 4 rings (SSSR count). The normalized spacial score (nSPS) is 28.1. The molecule has 4 nitrogen and oxygen atoms in total. The fraction of sp³-hybridized carbons (Fsp3) is 0.533. The molecule has 2 bridgehead atoms. The molecule has 3 saturated heterocycles. The second-order valence-electron chi connectivity index (χ2n) is 5.73. The number of carbonyl (C=O) groups excluding carboxylic acids is 1. The summed E-state index contributed by atoms with van der Waals surface area (Å²) in [6, 6.07) is 6.00. The number of carbonyl (C=O) groups is 1. The van der Waals surface area contributed by atoms with Crippen molar-refractivity contribution in [3.05, 3.63) is 24.0 Å². The molecule has 21 heavy (non-hydrogen) atoms. The molecule has 3 aliphatic rings. The quantitative estimate of drug-likeness (QED) is 0.841. The second kappa shape index (κ2) is 5.09. The van der Waals surface area contributed by atoms with E-state index in [0.717, 1.165) is 24.3 Å². The summed E-state index contributed by atoms with van der Waals surface area (Å²) in [5, 5.41) is 0. The van der Waals surface area contributed by atoms with Crippen LogP contribution in [0, 0.1) is 5.82 Å². The molecule has 0 N–H and O–H groups in total. The highest BCUT2D eigenvalue weighted by atomic mass is 32.2. The number of thioether (sulfide) groups is 1. The van der Waals surface area contributed by atoms with Crippen molar-refractivity contribution in [3.63, 3.8) is 0 Å². The van der Waals surface area contributed by atoms with Gasteiger partial charge in [0.1, 0.15) is 12.4 Å². The molecular weight excluding hydrogens is 291 g/mol. The molecule has 1 aromatic rings. The third-order valence-corrected chi connectivity index (χ3v) is 5.76. The Morgan fingerprint density at radius 1 is 1.24 bits per heavy atom. The topological polar surface area (TPSA) is 32.8 Å². The number of ether oxygens (including phenoxy) is 1. The molecule has 3 heterocycles. The zero-order valence-corrected chi connectivity index (χ0v) is 12.4. The number of anilines is 2. The van der Waals surface area contributed by atoms with Gasteiger partial charge in [0, 0.05) is 23.6 Å². The van der Waals surface area contributed by atoms with E-state index in [4.69, 9.17) is 4.74 Å². The van der Waals surface area contributed by atoms with E-state index in [1.54, 1.807) is 0 Å². The standard InChI is InChI=1S/C15H17FN2O2S/c16-13-7-10(17-5-6-20-15(17)19)3-4-14(13)18-11-1-2-12(18)9-21-8-11/h3-4,7,11-12H,1-2,5-6,8-9H2/t11-,12?/m1/s1. The lowest BCUT2D eigenvalue weighted by atomic mass is 10.2. The Morgan fingerprint density at radius 3 is 2.62 bits per heavy atom. The van der Waals surface area contributed by atoms with E-state index in [1.807, 2.05) is 23.9 Å². The highest BCUT2D eigenvalue weighted by Gasteiger charge is 2.38. The first kappa shape index (κ1) is 13.2. The molecule has 1 amide bonds. The predicted octanol–water partition coefficient (Wildman–Crippen LogP) is 2.87. The molecule has 112 valence electrons. The van der Waals surface area contributed by atoms with Gasteiger partial charge in [0.2, 0.25) is 0 Å². The molecule has 6 heteroatoms. The average Bonchev–Trinajstić information content (AvgIpc) is 3.00. The van der Waals surface area contributed by atoms with E-state index >= 15 is 0 Å². The van der Waals surface area contributed by atoms with Crippen LogP contribution >= 0.6 is 11.8 Å². The maximum Gasteiger partial charge on any atom is 0.414 e. The van der Waals surface area contributed by atoms with Gasteiger partial charge in [-0.2, -0.15) is 11.8 Å². The molecule has 1 aromatic carbocycles. The van der Waals surface area contributed by atoms with Crippen molar-refractivity contribution in [2.24, 2.45) is 0 Å². The van der Waals surface area contributed by atoms with Crippen molar-refractivity contribution in [1.82, 2.24) is 0 Å². The van der Waals surface area contributed by atoms with Crippen LogP contribution in [0.5, 0.6) is 0 Å². The summed E-state index contributed by atoms with van der Waals surface area (Å²) >= 11 is 1.97. The molecule has 0 aliphatic carbocycles. The smallest absolute Gasteiger partial charge is 0.414 e. The highest BCUT2D eigenvalue weighted by molar-refractivity contribution is 7.99. The SMILES string of the molecule is O=C1OCCN1c1ccc(N2C3CC[C@@H]2CSC3)c(F)c1. The van der Waals surface area contributed by atoms with E-state index in [9.17, 15) is 9.18 Å². The summed E-state index contributed by atoms with van der Waals surface area (Å²) in [5.74, 6) is 1.92. The third-order valence-electron chi connectivity index (χ3n) is 4.52. The molecule has 1 unspecified atom stereocenters. The zero-order chi connectivity index (χ0) is 14.4. The number of hydrogen-bond donors (Lipinski definition) is 0. The van der Waals surface area contributed by atoms with Gasteiger partial charge in [0.05, 0.1) is 17.9 Å². The summed E-state index contributed by atoms with van der Waals surface area (Å²) in [5.41, 5.74) is 1.26. The van der Waals surface area contributed by atoms with Crippen LogP contribution in [0.25, 0.3) is 0 Å². The Labute approximate surface area is 127 Å². The van der Waals surface area contributed by atoms with Crippen LogP contribution in [0.2, 0.25) is 0 Å². The van der Waals surface area contributed by atoms with Crippen molar-refractivity contribution < 1.29 is 13.9 Å². The largest absolute Gasteiger partial charge is 0.447 e. The molecule has 0 spiro atoms. The molecule has 0 saturated carbocycles. The van der Waals surface area contributed by atoms with Crippen LogP contribution in [0.1, 0.15) is 12.8 Å². The van der Waals surface area contributed by atoms with Crippen molar-refractivity contribution in [3.8, 4) is 0 Å². The Kier molecular flexibility index (Phi) is 3.21. The van der Waals surface area contributed by atoms with Gasteiger partial charge in [0.25, 0.3) is 0 Å². The van der Waals surface area contributed by atoms with Crippen LogP contribution < -0.4 is 9.80 Å². The van der Waals surface area contributed by atoms with Crippen molar-refractivity contribution in [2.75, 3.05) is 34.5 Å². The van der Waals surface area contributed by atoms with Gasteiger partial charge >= 0.3 is 6.09 Å². The van der Waals surface area contributed by atoms with E-state index < -0.39 is 6.09 Å². The van der Waals surface area contributed by atoms with E-state index in [1.165, 1.54) is 11.0 Å². The van der Waals surface area contributed by atoms with E-state index in [0.29, 0.717) is 36.6 Å². The summed E-state index contributed by atoms with van der Waals surface area (Å²) in [7, 11) is 0. The molecule has 3 aliphatic heterocycles. The highest BCUT2D eigenvalue weighted by Crippen LogP contribution is 2.39. The first-order chi connectivity index (χ1) is 10.2. The van der Waals surface area contributed by atoms with Crippen LogP contribution in [0.3, 0.4) is 0 Å². The fourth-order valence-corrected chi connectivity index (χ4v) is 4.86. The number of nitrogens with zero attached hydrogens (tertiary/aromatic N) is 2. The van der Waals surface area contributed by atoms with Crippen molar-refractivity contribution in [2.45, 2.75) is 24.9 Å². The first-order valence-electron chi connectivity index (χ1n) is 7.34. The molecule has 3 fully saturated rings. The lowest BCUT2D eigenvalue weighted by Gasteiger charge is -2.36. The maximum absolute atomic E-state index is 14.6. The van der Waals surface area contributed by atoms with Gasteiger partial charge in [-0.25, -0.2) is 9.18 Å². The first-order valence-corrected chi connectivity index (χ1v) is 8.49. The summed E-state index contributed by atoms with van der Waals surface area (Å²) in [6.07, 6.45) is 1.91. The number of hydrogen-bond acceptors (Lipinski definition) is 4. The van der Waals surface area contributed by atoms with Crippen molar-refractivity contribution >= 4 is 29.2 Å². The monoisotopic (exact) mass is 308 g/mol. The summed E-state index contributed by atoms with van der Waals surface area (Å²) in [6.45, 7) is 0.860. The summed E-state index contributed by atoms with van der Waals surface area (Å²) in [4.78, 5) is 15.3. The number of rotatable bonds is 2.